The van der Waals surface area contributed by atoms with E-state index in [2.05, 4.69) is 42.1 Å². The van der Waals surface area contributed by atoms with Crippen LogP contribution in [0.25, 0.3) is 11.0 Å². The van der Waals surface area contributed by atoms with Crippen LogP contribution in [0.15, 0.2) is 53.9 Å². The molecule has 0 radical (unpaired) electrons. The predicted octanol–water partition coefficient (Wildman–Crippen LogP) is 3.54. The molecule has 0 fully saturated rings. The Morgan fingerprint density at radius 3 is 2.79 bits per heavy atom. The van der Waals surface area contributed by atoms with Crippen molar-refractivity contribution in [3.05, 3.63) is 65.5 Å². The summed E-state index contributed by atoms with van der Waals surface area (Å²) >= 11 is 0. The summed E-state index contributed by atoms with van der Waals surface area (Å²) in [6.45, 7) is 4.19. The minimum atomic E-state index is 0.959. The van der Waals surface area contributed by atoms with Gasteiger partial charge in [0.25, 0.3) is 0 Å². The van der Waals surface area contributed by atoms with E-state index in [1.807, 2.05) is 30.5 Å². The molecule has 0 saturated heterocycles. The molecule has 0 N–H and O–H groups in total. The number of hydrogen-bond donors (Lipinski definition) is 0. The fourth-order valence-electron chi connectivity index (χ4n) is 2.13. The van der Waals surface area contributed by atoms with Crippen LogP contribution in [-0.2, 0) is 0 Å². The summed E-state index contributed by atoms with van der Waals surface area (Å²) in [5.41, 5.74) is 5.60. The number of para-hydroxylation sites is 2. The van der Waals surface area contributed by atoms with E-state index in [9.17, 15) is 0 Å². The van der Waals surface area contributed by atoms with Gasteiger partial charge in [-0.05, 0) is 37.1 Å². The molecule has 0 unspecified atom stereocenters. The maximum absolute atomic E-state index is 4.48. The van der Waals surface area contributed by atoms with Crippen molar-refractivity contribution in [2.45, 2.75) is 13.8 Å². The fraction of sp³-hybridized carbons (Fsp3) is 0.125. The highest BCUT2D eigenvalue weighted by molar-refractivity contribution is 5.82. The molecule has 1 aromatic heterocycles. The maximum atomic E-state index is 4.48. The van der Waals surface area contributed by atoms with Crippen LogP contribution in [0.1, 0.15) is 16.7 Å². The normalized spacial score (nSPS) is 11.5. The molecule has 3 heteroatoms. The van der Waals surface area contributed by atoms with Crippen LogP contribution in [0, 0.1) is 13.8 Å². The Balaban J connectivity index is 1.98. The average Bonchev–Trinajstić information content (AvgIpc) is 2.81. The van der Waals surface area contributed by atoms with Gasteiger partial charge in [0, 0.05) is 0 Å². The maximum Gasteiger partial charge on any atom is 0.118 e. The number of imidazole rings is 1. The van der Waals surface area contributed by atoms with Crippen LogP contribution < -0.4 is 0 Å². The summed E-state index contributed by atoms with van der Waals surface area (Å²) in [4.78, 5) is 4.32. The lowest BCUT2D eigenvalue weighted by Gasteiger charge is -2.01. The minimum Gasteiger partial charge on any atom is -0.235 e. The second kappa shape index (κ2) is 4.69. The molecular weight excluding hydrogens is 234 g/mol. The van der Waals surface area contributed by atoms with Gasteiger partial charge in [0.05, 0.1) is 17.2 Å². The van der Waals surface area contributed by atoms with E-state index in [4.69, 9.17) is 0 Å². The lowest BCUT2D eigenvalue weighted by Crippen LogP contribution is -1.92. The molecule has 0 saturated carbocycles. The van der Waals surface area contributed by atoms with E-state index in [1.165, 1.54) is 11.1 Å². The monoisotopic (exact) mass is 249 g/mol. The van der Waals surface area contributed by atoms with Crippen molar-refractivity contribution in [3.63, 3.8) is 0 Å². The summed E-state index contributed by atoms with van der Waals surface area (Å²) in [6.07, 6.45) is 3.62. The third kappa shape index (κ3) is 2.27. The first kappa shape index (κ1) is 11.7. The predicted molar refractivity (Wildman–Crippen MR) is 78.6 cm³/mol. The van der Waals surface area contributed by atoms with Gasteiger partial charge in [0.2, 0.25) is 0 Å². The van der Waals surface area contributed by atoms with E-state index in [0.717, 1.165) is 16.6 Å². The van der Waals surface area contributed by atoms with E-state index >= 15 is 0 Å². The zero-order valence-corrected chi connectivity index (χ0v) is 11.0. The summed E-state index contributed by atoms with van der Waals surface area (Å²) in [5.74, 6) is 0. The summed E-state index contributed by atoms with van der Waals surface area (Å²) in [7, 11) is 0. The molecule has 0 atom stereocenters. The van der Waals surface area contributed by atoms with E-state index in [1.54, 1.807) is 11.0 Å². The molecule has 0 amide bonds. The molecule has 0 aliphatic heterocycles. The second-order valence-electron chi connectivity index (χ2n) is 4.68. The third-order valence-electron chi connectivity index (χ3n) is 3.18. The molecule has 3 rings (SSSR count). The summed E-state index contributed by atoms with van der Waals surface area (Å²) < 4.78 is 1.80. The fourth-order valence-corrected chi connectivity index (χ4v) is 2.13. The topological polar surface area (TPSA) is 30.2 Å². The molecule has 1 heterocycles. The third-order valence-corrected chi connectivity index (χ3v) is 3.18. The SMILES string of the molecule is Cc1ccc(/C=N\n2cnc3ccccc32)c(C)c1. The second-order valence-corrected chi connectivity index (χ2v) is 4.68. The van der Waals surface area contributed by atoms with Crippen LogP contribution in [0.4, 0.5) is 0 Å². The van der Waals surface area contributed by atoms with Crippen molar-refractivity contribution >= 4 is 17.2 Å². The van der Waals surface area contributed by atoms with Crippen LogP contribution >= 0.6 is 0 Å². The van der Waals surface area contributed by atoms with Gasteiger partial charge < -0.3 is 0 Å². The molecule has 94 valence electrons. The molecular formula is C16H15N3. The Hall–Kier alpha value is -2.42. The molecule has 0 bridgehead atoms. The van der Waals surface area contributed by atoms with Crippen molar-refractivity contribution in [2.75, 3.05) is 0 Å². The minimum absolute atomic E-state index is 0.959. The number of rotatable bonds is 2. The Bertz CT molecular complexity index is 754. The molecule has 3 nitrogen and oxygen atoms in total. The van der Waals surface area contributed by atoms with Crippen molar-refractivity contribution < 1.29 is 0 Å². The quantitative estimate of drug-likeness (QED) is 0.639. The zero-order valence-electron chi connectivity index (χ0n) is 11.0. The highest BCUT2D eigenvalue weighted by Gasteiger charge is 1.99. The lowest BCUT2D eigenvalue weighted by atomic mass is 10.1. The Labute approximate surface area is 112 Å². The Kier molecular flexibility index (Phi) is 2.88. The number of fused-ring (bicyclic) bond motifs is 1. The van der Waals surface area contributed by atoms with Gasteiger partial charge in [-0.2, -0.15) is 5.10 Å². The molecule has 2 aromatic carbocycles. The van der Waals surface area contributed by atoms with E-state index in [-0.39, 0.29) is 0 Å². The van der Waals surface area contributed by atoms with E-state index in [0.29, 0.717) is 0 Å². The number of aryl methyl sites for hydroxylation is 2. The molecule has 0 aliphatic rings. The number of benzene rings is 2. The molecule has 3 aromatic rings. The van der Waals surface area contributed by atoms with Crippen LogP contribution in [0.5, 0.6) is 0 Å². The first-order chi connectivity index (χ1) is 9.24. The zero-order chi connectivity index (χ0) is 13.2. The van der Waals surface area contributed by atoms with Crippen LogP contribution in [0.2, 0.25) is 0 Å². The average molecular weight is 249 g/mol. The standard InChI is InChI=1S/C16H15N3/c1-12-7-8-14(13(2)9-12)10-18-19-11-17-15-5-3-4-6-16(15)19/h3-11H,1-2H3/b18-10-. The van der Waals surface area contributed by atoms with E-state index < -0.39 is 0 Å². The van der Waals surface area contributed by atoms with Gasteiger partial charge in [0.1, 0.15) is 6.33 Å². The highest BCUT2D eigenvalue weighted by atomic mass is 15.4. The molecule has 19 heavy (non-hydrogen) atoms. The van der Waals surface area contributed by atoms with Crippen molar-refractivity contribution in [2.24, 2.45) is 5.10 Å². The van der Waals surface area contributed by atoms with Gasteiger partial charge in [0.15, 0.2) is 0 Å². The largest absolute Gasteiger partial charge is 0.235 e. The highest BCUT2D eigenvalue weighted by Crippen LogP contribution is 2.12. The Morgan fingerprint density at radius 1 is 1.11 bits per heavy atom. The number of hydrogen-bond acceptors (Lipinski definition) is 2. The van der Waals surface area contributed by atoms with Crippen molar-refractivity contribution in [3.8, 4) is 0 Å². The lowest BCUT2D eigenvalue weighted by molar-refractivity contribution is 0.914. The molecule has 0 aliphatic carbocycles. The first-order valence-electron chi connectivity index (χ1n) is 6.28. The van der Waals surface area contributed by atoms with Crippen molar-refractivity contribution in [1.29, 1.82) is 0 Å². The number of aromatic nitrogens is 2. The Morgan fingerprint density at radius 2 is 1.95 bits per heavy atom. The van der Waals surface area contributed by atoms with Gasteiger partial charge in [-0.3, -0.25) is 0 Å². The van der Waals surface area contributed by atoms with Crippen LogP contribution in [0.3, 0.4) is 0 Å². The summed E-state index contributed by atoms with van der Waals surface area (Å²) in [5, 5.41) is 4.48. The van der Waals surface area contributed by atoms with Gasteiger partial charge in [-0.25, -0.2) is 9.66 Å². The molecule has 0 spiro atoms. The van der Waals surface area contributed by atoms with Gasteiger partial charge in [-0.15, -0.1) is 0 Å². The number of nitrogens with zero attached hydrogens (tertiary/aromatic N) is 3. The van der Waals surface area contributed by atoms with Crippen molar-refractivity contribution in [1.82, 2.24) is 9.66 Å². The first-order valence-corrected chi connectivity index (χ1v) is 6.28. The van der Waals surface area contributed by atoms with Crippen LogP contribution in [-0.4, -0.2) is 15.9 Å². The van der Waals surface area contributed by atoms with Gasteiger partial charge >= 0.3 is 0 Å². The summed E-state index contributed by atoms with van der Waals surface area (Å²) in [6, 6.07) is 14.3. The van der Waals surface area contributed by atoms with Gasteiger partial charge in [-0.1, -0.05) is 35.9 Å². The smallest absolute Gasteiger partial charge is 0.118 e.